The molecule has 2 amide bonds. The molecule has 1 aromatic heterocycles. The fraction of sp³-hybridized carbons (Fsp3) is 0.143. The molecule has 0 aliphatic heterocycles. The number of carbonyl (C=O) groups is 2. The van der Waals surface area contributed by atoms with Gasteiger partial charge in [-0.2, -0.15) is 13.2 Å². The van der Waals surface area contributed by atoms with Gasteiger partial charge in [0.25, 0.3) is 5.91 Å². The highest BCUT2D eigenvalue weighted by Crippen LogP contribution is 2.35. The normalized spacial score (nSPS) is 11.3. The molecular weight excluding hydrogens is 383 g/mol. The van der Waals surface area contributed by atoms with Crippen LogP contribution in [-0.2, 0) is 6.18 Å². The number of nitrogens with one attached hydrogen (secondary N) is 1. The van der Waals surface area contributed by atoms with Gasteiger partial charge in [-0.3, -0.25) is 9.59 Å². The second kappa shape index (κ2) is 7.46. The van der Waals surface area contributed by atoms with E-state index in [9.17, 15) is 22.8 Å². The van der Waals surface area contributed by atoms with Crippen molar-refractivity contribution in [3.63, 3.8) is 0 Å². The van der Waals surface area contributed by atoms with E-state index in [1.165, 1.54) is 53.1 Å². The van der Waals surface area contributed by atoms with Gasteiger partial charge in [0, 0.05) is 22.6 Å². The first-order chi connectivity index (χ1) is 13.6. The molecule has 3 rings (SSSR count). The van der Waals surface area contributed by atoms with Gasteiger partial charge in [-0.25, -0.2) is 0 Å². The van der Waals surface area contributed by atoms with E-state index in [1.54, 1.807) is 13.8 Å². The number of anilines is 1. The van der Waals surface area contributed by atoms with Crippen LogP contribution >= 0.6 is 0 Å². The molecular formula is C21H18F3N3O2. The summed E-state index contributed by atoms with van der Waals surface area (Å²) < 4.78 is 41.7. The van der Waals surface area contributed by atoms with Crippen molar-refractivity contribution in [1.29, 1.82) is 0 Å². The zero-order valence-electron chi connectivity index (χ0n) is 15.7. The van der Waals surface area contributed by atoms with Crippen molar-refractivity contribution in [2.45, 2.75) is 20.0 Å². The standard InChI is InChI=1S/C21H18F3N3O2/c1-12-11-16(20(29)26-15-9-7-14(8-10-15)19(25)28)13(2)27(12)18-6-4-3-5-17(18)21(22,23)24/h3-11H,1-2H3,(H2,25,28)(H,26,29). The molecule has 0 fully saturated rings. The van der Waals surface area contributed by atoms with Crippen molar-refractivity contribution < 1.29 is 22.8 Å². The Morgan fingerprint density at radius 1 is 1.00 bits per heavy atom. The van der Waals surface area contributed by atoms with Crippen LogP contribution in [0.5, 0.6) is 0 Å². The Morgan fingerprint density at radius 2 is 1.62 bits per heavy atom. The largest absolute Gasteiger partial charge is 0.418 e. The van der Waals surface area contributed by atoms with Gasteiger partial charge < -0.3 is 15.6 Å². The van der Waals surface area contributed by atoms with Crippen LogP contribution in [0.15, 0.2) is 54.6 Å². The number of alkyl halides is 3. The van der Waals surface area contributed by atoms with Gasteiger partial charge in [0.1, 0.15) is 0 Å². The third-order valence-corrected chi connectivity index (χ3v) is 4.55. The summed E-state index contributed by atoms with van der Waals surface area (Å²) in [6, 6.07) is 12.7. The number of amides is 2. The summed E-state index contributed by atoms with van der Waals surface area (Å²) >= 11 is 0. The number of rotatable bonds is 4. The number of para-hydroxylation sites is 1. The molecule has 0 bridgehead atoms. The van der Waals surface area contributed by atoms with Gasteiger partial charge in [-0.1, -0.05) is 12.1 Å². The maximum atomic E-state index is 13.4. The number of nitrogens with zero attached hydrogens (tertiary/aromatic N) is 1. The predicted octanol–water partition coefficient (Wildman–Crippen LogP) is 4.46. The fourth-order valence-corrected chi connectivity index (χ4v) is 3.19. The SMILES string of the molecule is Cc1cc(C(=O)Nc2ccc(C(N)=O)cc2)c(C)n1-c1ccccc1C(F)(F)F. The molecule has 0 spiro atoms. The summed E-state index contributed by atoms with van der Waals surface area (Å²) in [6.07, 6.45) is -4.52. The van der Waals surface area contributed by atoms with E-state index in [1.807, 2.05) is 0 Å². The van der Waals surface area contributed by atoms with E-state index < -0.39 is 23.6 Å². The molecule has 8 heteroatoms. The van der Waals surface area contributed by atoms with E-state index in [-0.39, 0.29) is 11.3 Å². The highest BCUT2D eigenvalue weighted by atomic mass is 19.4. The molecule has 0 aliphatic rings. The molecule has 0 radical (unpaired) electrons. The lowest BCUT2D eigenvalue weighted by Crippen LogP contribution is -2.15. The number of aromatic nitrogens is 1. The molecule has 1 heterocycles. The minimum absolute atomic E-state index is 0.0418. The minimum atomic E-state index is -4.52. The molecule has 0 saturated carbocycles. The Hall–Kier alpha value is -3.55. The highest BCUT2D eigenvalue weighted by molar-refractivity contribution is 6.05. The topological polar surface area (TPSA) is 77.1 Å². The Bertz CT molecular complexity index is 1080. The lowest BCUT2D eigenvalue weighted by Gasteiger charge is -2.16. The van der Waals surface area contributed by atoms with E-state index in [2.05, 4.69) is 5.32 Å². The van der Waals surface area contributed by atoms with Crippen LogP contribution in [-0.4, -0.2) is 16.4 Å². The van der Waals surface area contributed by atoms with Crippen LogP contribution in [0.25, 0.3) is 5.69 Å². The van der Waals surface area contributed by atoms with Crippen molar-refractivity contribution >= 4 is 17.5 Å². The van der Waals surface area contributed by atoms with Gasteiger partial charge in [-0.15, -0.1) is 0 Å². The van der Waals surface area contributed by atoms with E-state index in [4.69, 9.17) is 5.73 Å². The molecule has 0 atom stereocenters. The molecule has 3 N–H and O–H groups in total. The number of halogens is 3. The molecule has 5 nitrogen and oxygen atoms in total. The molecule has 2 aromatic carbocycles. The van der Waals surface area contributed by atoms with Gasteiger partial charge in [0.2, 0.25) is 5.91 Å². The van der Waals surface area contributed by atoms with Crippen molar-refractivity contribution in [2.24, 2.45) is 5.73 Å². The van der Waals surface area contributed by atoms with Crippen molar-refractivity contribution in [1.82, 2.24) is 4.57 Å². The average Bonchev–Trinajstić information content (AvgIpc) is 2.95. The first-order valence-electron chi connectivity index (χ1n) is 8.66. The number of hydrogen-bond donors (Lipinski definition) is 2. The number of hydrogen-bond acceptors (Lipinski definition) is 2. The van der Waals surface area contributed by atoms with Crippen LogP contribution in [0.2, 0.25) is 0 Å². The Labute approximate surface area is 164 Å². The predicted molar refractivity (Wildman–Crippen MR) is 103 cm³/mol. The molecule has 0 aliphatic carbocycles. The van der Waals surface area contributed by atoms with Crippen LogP contribution in [0.4, 0.5) is 18.9 Å². The van der Waals surface area contributed by atoms with Crippen molar-refractivity contribution in [3.05, 3.63) is 82.7 Å². The zero-order chi connectivity index (χ0) is 21.3. The lowest BCUT2D eigenvalue weighted by molar-refractivity contribution is -0.137. The van der Waals surface area contributed by atoms with Gasteiger partial charge in [0.15, 0.2) is 0 Å². The van der Waals surface area contributed by atoms with Crippen molar-refractivity contribution in [3.8, 4) is 5.69 Å². The molecule has 3 aromatic rings. The van der Waals surface area contributed by atoms with Gasteiger partial charge in [0.05, 0.1) is 16.8 Å². The summed E-state index contributed by atoms with van der Waals surface area (Å²) in [6.45, 7) is 3.23. The number of primary amides is 1. The summed E-state index contributed by atoms with van der Waals surface area (Å²) in [5, 5.41) is 2.68. The summed E-state index contributed by atoms with van der Waals surface area (Å²) in [5.41, 5.74) is 6.21. The smallest absolute Gasteiger partial charge is 0.366 e. The van der Waals surface area contributed by atoms with E-state index in [0.29, 0.717) is 22.6 Å². The Kier molecular flexibility index (Phi) is 5.19. The zero-order valence-corrected chi connectivity index (χ0v) is 15.7. The second-order valence-electron chi connectivity index (χ2n) is 6.53. The minimum Gasteiger partial charge on any atom is -0.366 e. The molecule has 29 heavy (non-hydrogen) atoms. The lowest BCUT2D eigenvalue weighted by atomic mass is 10.1. The molecule has 150 valence electrons. The van der Waals surface area contributed by atoms with Crippen LogP contribution in [0.1, 0.15) is 37.7 Å². The quantitative estimate of drug-likeness (QED) is 0.677. The molecule has 0 saturated heterocycles. The van der Waals surface area contributed by atoms with Crippen LogP contribution < -0.4 is 11.1 Å². The first kappa shape index (κ1) is 20.2. The van der Waals surface area contributed by atoms with Crippen LogP contribution in [0, 0.1) is 13.8 Å². The fourth-order valence-electron chi connectivity index (χ4n) is 3.19. The highest BCUT2D eigenvalue weighted by Gasteiger charge is 2.34. The summed E-state index contributed by atoms with van der Waals surface area (Å²) in [4.78, 5) is 23.8. The van der Waals surface area contributed by atoms with E-state index >= 15 is 0 Å². The maximum absolute atomic E-state index is 13.4. The average molecular weight is 401 g/mol. The van der Waals surface area contributed by atoms with Gasteiger partial charge in [-0.05, 0) is 56.3 Å². The molecule has 0 unspecified atom stereocenters. The first-order valence-corrected chi connectivity index (χ1v) is 8.66. The number of carbonyl (C=O) groups excluding carboxylic acids is 2. The summed E-state index contributed by atoms with van der Waals surface area (Å²) in [7, 11) is 0. The van der Waals surface area contributed by atoms with E-state index in [0.717, 1.165) is 6.07 Å². The maximum Gasteiger partial charge on any atom is 0.418 e. The monoisotopic (exact) mass is 401 g/mol. The number of benzene rings is 2. The Balaban J connectivity index is 1.96. The van der Waals surface area contributed by atoms with Gasteiger partial charge >= 0.3 is 6.18 Å². The Morgan fingerprint density at radius 3 is 2.21 bits per heavy atom. The van der Waals surface area contributed by atoms with Crippen molar-refractivity contribution in [2.75, 3.05) is 5.32 Å². The number of aryl methyl sites for hydroxylation is 1. The van der Waals surface area contributed by atoms with Crippen LogP contribution in [0.3, 0.4) is 0 Å². The second-order valence-corrected chi connectivity index (χ2v) is 6.53. The summed E-state index contributed by atoms with van der Waals surface area (Å²) in [5.74, 6) is -1.06. The third-order valence-electron chi connectivity index (χ3n) is 4.55. The third kappa shape index (κ3) is 4.01. The number of nitrogens with two attached hydrogens (primary N) is 1.